The average Bonchev–Trinajstić information content (AvgIpc) is 2.13. The Morgan fingerprint density at radius 3 is 1.89 bits per heavy atom. The molecule has 0 aromatic carbocycles. The molecule has 0 amide bonds. The van der Waals surface area contributed by atoms with Crippen LogP contribution in [0.15, 0.2) is 0 Å². The van der Waals surface area contributed by atoms with Gasteiger partial charge in [-0.25, -0.2) is 8.78 Å². The van der Waals surface area contributed by atoms with Gasteiger partial charge in [0.05, 0.1) is 0 Å². The summed E-state index contributed by atoms with van der Waals surface area (Å²) in [6.07, 6.45) is -0.693. The zero-order valence-corrected chi connectivity index (χ0v) is 6.34. The van der Waals surface area contributed by atoms with Gasteiger partial charge in [-0.3, -0.25) is 0 Å². The highest BCUT2D eigenvalue weighted by atomic mass is 31.0. The number of hydrogen-bond donors (Lipinski definition) is 0. The maximum atomic E-state index is 12.4. The molecule has 0 saturated heterocycles. The Hall–Kier alpha value is 0.290. The number of halogens is 2. The minimum absolute atomic E-state index is 0.264. The van der Waals surface area contributed by atoms with E-state index in [0.717, 1.165) is 6.16 Å². The standard InChI is InChI=1S/C6H11F2P/c7-5-1-4(3-9)2-6(5)8/h4-6H,1-3,9H2/t4?,5-,6+. The van der Waals surface area contributed by atoms with Crippen molar-refractivity contribution in [3.05, 3.63) is 0 Å². The molecule has 0 aromatic rings. The van der Waals surface area contributed by atoms with E-state index >= 15 is 0 Å². The van der Waals surface area contributed by atoms with E-state index in [1.807, 2.05) is 0 Å². The highest BCUT2D eigenvalue weighted by molar-refractivity contribution is 7.16. The first-order valence-electron chi connectivity index (χ1n) is 3.22. The van der Waals surface area contributed by atoms with Gasteiger partial charge in [0.15, 0.2) is 0 Å². The largest absolute Gasteiger partial charge is 0.244 e. The van der Waals surface area contributed by atoms with Crippen molar-refractivity contribution in [3.63, 3.8) is 0 Å². The summed E-state index contributed by atoms with van der Waals surface area (Å²) in [5.74, 6) is 0.264. The van der Waals surface area contributed by atoms with Crippen molar-refractivity contribution in [1.82, 2.24) is 0 Å². The van der Waals surface area contributed by atoms with Crippen molar-refractivity contribution in [3.8, 4) is 0 Å². The van der Waals surface area contributed by atoms with E-state index in [2.05, 4.69) is 9.24 Å². The number of rotatable bonds is 1. The van der Waals surface area contributed by atoms with Crippen LogP contribution in [0.2, 0.25) is 0 Å². The van der Waals surface area contributed by atoms with Gasteiger partial charge in [-0.15, -0.1) is 9.24 Å². The Morgan fingerprint density at radius 2 is 1.67 bits per heavy atom. The fraction of sp³-hybridized carbons (Fsp3) is 1.00. The highest BCUT2D eigenvalue weighted by Crippen LogP contribution is 2.31. The molecule has 1 aliphatic carbocycles. The number of alkyl halides is 2. The molecule has 0 heterocycles. The molecule has 2 unspecified atom stereocenters. The van der Waals surface area contributed by atoms with E-state index < -0.39 is 12.3 Å². The van der Waals surface area contributed by atoms with E-state index in [4.69, 9.17) is 0 Å². The fourth-order valence-corrected chi connectivity index (χ4v) is 1.61. The molecule has 1 saturated carbocycles. The van der Waals surface area contributed by atoms with Gasteiger partial charge in [-0.05, 0) is 24.9 Å². The van der Waals surface area contributed by atoms with Crippen molar-refractivity contribution in [2.75, 3.05) is 6.16 Å². The monoisotopic (exact) mass is 152 g/mol. The Bertz CT molecular complexity index is 87.1. The fourth-order valence-electron chi connectivity index (χ4n) is 1.22. The first-order valence-corrected chi connectivity index (χ1v) is 4.04. The van der Waals surface area contributed by atoms with E-state index in [1.165, 1.54) is 0 Å². The Morgan fingerprint density at radius 1 is 1.22 bits per heavy atom. The van der Waals surface area contributed by atoms with Crippen LogP contribution < -0.4 is 0 Å². The Labute approximate surface area is 56.2 Å². The maximum absolute atomic E-state index is 12.4. The molecule has 9 heavy (non-hydrogen) atoms. The van der Waals surface area contributed by atoms with Crippen LogP contribution in [0.5, 0.6) is 0 Å². The third kappa shape index (κ3) is 1.61. The molecule has 0 aromatic heterocycles. The first kappa shape index (κ1) is 7.40. The van der Waals surface area contributed by atoms with Crippen LogP contribution in [0.25, 0.3) is 0 Å². The summed E-state index contributed by atoms with van der Waals surface area (Å²) >= 11 is 0. The summed E-state index contributed by atoms with van der Waals surface area (Å²) in [6, 6.07) is 0. The lowest BCUT2D eigenvalue weighted by atomic mass is 10.1. The molecule has 1 rings (SSSR count). The summed E-state index contributed by atoms with van der Waals surface area (Å²) in [5.41, 5.74) is 0. The molecule has 0 bridgehead atoms. The predicted octanol–water partition coefficient (Wildman–Crippen LogP) is 1.95. The van der Waals surface area contributed by atoms with Gasteiger partial charge >= 0.3 is 0 Å². The third-order valence-electron chi connectivity index (χ3n) is 1.84. The van der Waals surface area contributed by atoms with Crippen LogP contribution in [-0.2, 0) is 0 Å². The van der Waals surface area contributed by atoms with Gasteiger partial charge in [0.1, 0.15) is 12.3 Å². The van der Waals surface area contributed by atoms with Crippen molar-refractivity contribution >= 4 is 9.24 Å². The SMILES string of the molecule is F[C@@H]1CC(CP)C[C@@H]1F. The van der Waals surface area contributed by atoms with Gasteiger partial charge in [0, 0.05) is 0 Å². The quantitative estimate of drug-likeness (QED) is 0.504. The van der Waals surface area contributed by atoms with Crippen molar-refractivity contribution in [2.24, 2.45) is 5.92 Å². The van der Waals surface area contributed by atoms with Crippen molar-refractivity contribution < 1.29 is 8.78 Å². The van der Waals surface area contributed by atoms with Gasteiger partial charge in [-0.1, -0.05) is 0 Å². The molecular weight excluding hydrogens is 141 g/mol. The zero-order valence-electron chi connectivity index (χ0n) is 5.19. The molecule has 0 radical (unpaired) electrons. The summed E-state index contributed by atoms with van der Waals surface area (Å²) in [4.78, 5) is 0. The molecule has 0 N–H and O–H groups in total. The normalized spacial score (nSPS) is 43.7. The second-order valence-corrected chi connectivity index (χ2v) is 3.08. The summed E-state index contributed by atoms with van der Waals surface area (Å²) in [6.45, 7) is 0. The van der Waals surface area contributed by atoms with Gasteiger partial charge < -0.3 is 0 Å². The second kappa shape index (κ2) is 2.92. The predicted molar refractivity (Wildman–Crippen MR) is 37.1 cm³/mol. The third-order valence-corrected chi connectivity index (χ3v) is 2.51. The van der Waals surface area contributed by atoms with Gasteiger partial charge in [0.25, 0.3) is 0 Å². The van der Waals surface area contributed by atoms with Crippen LogP contribution >= 0.6 is 9.24 Å². The molecule has 3 heteroatoms. The molecule has 0 nitrogen and oxygen atoms in total. The van der Waals surface area contributed by atoms with Crippen LogP contribution in [-0.4, -0.2) is 18.5 Å². The molecule has 54 valence electrons. The van der Waals surface area contributed by atoms with E-state index in [9.17, 15) is 8.78 Å². The molecule has 1 aliphatic rings. The minimum Gasteiger partial charge on any atom is -0.244 e. The summed E-state index contributed by atoms with van der Waals surface area (Å²) in [7, 11) is 2.52. The Balaban J connectivity index is 2.35. The van der Waals surface area contributed by atoms with Gasteiger partial charge in [0.2, 0.25) is 0 Å². The van der Waals surface area contributed by atoms with Crippen LogP contribution in [0.3, 0.4) is 0 Å². The lowest BCUT2D eigenvalue weighted by Crippen LogP contribution is -2.06. The minimum atomic E-state index is -1.18. The lowest BCUT2D eigenvalue weighted by molar-refractivity contribution is 0.199. The van der Waals surface area contributed by atoms with Crippen LogP contribution in [0.1, 0.15) is 12.8 Å². The summed E-state index contributed by atoms with van der Waals surface area (Å²) in [5, 5.41) is 0. The van der Waals surface area contributed by atoms with E-state index in [0.29, 0.717) is 12.8 Å². The smallest absolute Gasteiger partial charge is 0.131 e. The number of hydrogen-bond acceptors (Lipinski definition) is 0. The molecule has 1 fully saturated rings. The maximum Gasteiger partial charge on any atom is 0.131 e. The second-order valence-electron chi connectivity index (χ2n) is 2.61. The Kier molecular flexibility index (Phi) is 2.40. The van der Waals surface area contributed by atoms with E-state index in [-0.39, 0.29) is 5.92 Å². The summed E-state index contributed by atoms with van der Waals surface area (Å²) < 4.78 is 24.7. The van der Waals surface area contributed by atoms with Crippen LogP contribution in [0.4, 0.5) is 8.78 Å². The highest BCUT2D eigenvalue weighted by Gasteiger charge is 2.33. The molecule has 0 aliphatic heterocycles. The zero-order chi connectivity index (χ0) is 6.85. The lowest BCUT2D eigenvalue weighted by Gasteiger charge is -1.99. The molecular formula is C6H11F2P. The van der Waals surface area contributed by atoms with E-state index in [1.54, 1.807) is 0 Å². The van der Waals surface area contributed by atoms with Crippen LogP contribution in [0, 0.1) is 5.92 Å². The van der Waals surface area contributed by atoms with Gasteiger partial charge in [-0.2, -0.15) is 0 Å². The van der Waals surface area contributed by atoms with Crippen molar-refractivity contribution in [2.45, 2.75) is 25.2 Å². The topological polar surface area (TPSA) is 0 Å². The molecule has 4 atom stereocenters. The average molecular weight is 152 g/mol. The molecule has 0 spiro atoms. The van der Waals surface area contributed by atoms with Crippen molar-refractivity contribution in [1.29, 1.82) is 0 Å². The first-order chi connectivity index (χ1) is 4.24.